The van der Waals surface area contributed by atoms with E-state index in [-0.39, 0.29) is 6.03 Å². The van der Waals surface area contributed by atoms with Crippen molar-refractivity contribution in [3.05, 3.63) is 89.7 Å². The average Bonchev–Trinajstić information content (AvgIpc) is 2.74. The van der Waals surface area contributed by atoms with Gasteiger partial charge in [0.1, 0.15) is 12.1 Å². The Bertz CT molecular complexity index is 1160. The van der Waals surface area contributed by atoms with E-state index >= 15 is 0 Å². The molecule has 0 fully saturated rings. The monoisotopic (exact) mass is 403 g/mol. The van der Waals surface area contributed by atoms with Crippen LogP contribution in [0.3, 0.4) is 0 Å². The van der Waals surface area contributed by atoms with Crippen LogP contribution in [0.15, 0.2) is 79.1 Å². The lowest BCUT2D eigenvalue weighted by Crippen LogP contribution is -2.19. The molecule has 0 saturated heterocycles. The Morgan fingerprint density at radius 1 is 0.897 bits per heavy atom. The molecule has 0 unspecified atom stereocenters. The summed E-state index contributed by atoms with van der Waals surface area (Å²) >= 11 is 6.08. The molecule has 0 aliphatic heterocycles. The smallest absolute Gasteiger partial charge is 0.323 e. The first kappa shape index (κ1) is 18.7. The van der Waals surface area contributed by atoms with Gasteiger partial charge in [0, 0.05) is 17.6 Å². The standard InChI is InChI=1S/C22H18ClN5O/c23-18-9-2-4-11-20(18)28-22(29)27-16-7-5-6-15(12-16)13-24-21-17-8-1-3-10-19(17)25-14-26-21/h1-12,14H,13H2,(H,24,25,26)(H2,27,28,29). The molecule has 1 aromatic heterocycles. The number of urea groups is 1. The van der Waals surface area contributed by atoms with E-state index in [1.807, 2.05) is 60.7 Å². The van der Waals surface area contributed by atoms with Crippen LogP contribution < -0.4 is 16.0 Å². The summed E-state index contributed by atoms with van der Waals surface area (Å²) in [6.07, 6.45) is 1.54. The van der Waals surface area contributed by atoms with Gasteiger partial charge in [-0.15, -0.1) is 0 Å². The second-order valence-corrected chi connectivity index (χ2v) is 6.76. The highest BCUT2D eigenvalue weighted by Gasteiger charge is 2.07. The van der Waals surface area contributed by atoms with Crippen LogP contribution >= 0.6 is 11.6 Å². The van der Waals surface area contributed by atoms with E-state index in [9.17, 15) is 4.79 Å². The fourth-order valence-corrected chi connectivity index (χ4v) is 3.12. The van der Waals surface area contributed by atoms with Gasteiger partial charge in [0.25, 0.3) is 0 Å². The van der Waals surface area contributed by atoms with Crippen molar-refractivity contribution in [2.75, 3.05) is 16.0 Å². The van der Waals surface area contributed by atoms with Gasteiger partial charge in [-0.25, -0.2) is 14.8 Å². The summed E-state index contributed by atoms with van der Waals surface area (Å²) in [7, 11) is 0. The lowest BCUT2D eigenvalue weighted by molar-refractivity contribution is 0.262. The zero-order valence-corrected chi connectivity index (χ0v) is 16.1. The number of fused-ring (bicyclic) bond motifs is 1. The van der Waals surface area contributed by atoms with Gasteiger partial charge in [0.05, 0.1) is 16.2 Å². The average molecular weight is 404 g/mol. The number of halogens is 1. The number of carbonyl (C=O) groups excluding carboxylic acids is 1. The van der Waals surface area contributed by atoms with E-state index < -0.39 is 0 Å². The third kappa shape index (κ3) is 4.62. The Balaban J connectivity index is 1.42. The van der Waals surface area contributed by atoms with E-state index in [0.717, 1.165) is 22.3 Å². The quantitative estimate of drug-likeness (QED) is 0.408. The summed E-state index contributed by atoms with van der Waals surface area (Å²) in [4.78, 5) is 20.9. The van der Waals surface area contributed by atoms with Crippen molar-refractivity contribution in [2.45, 2.75) is 6.54 Å². The zero-order valence-electron chi connectivity index (χ0n) is 15.4. The number of nitrogens with one attached hydrogen (secondary N) is 3. The maximum Gasteiger partial charge on any atom is 0.323 e. The Labute approximate surface area is 173 Å². The summed E-state index contributed by atoms with van der Waals surface area (Å²) in [5, 5.41) is 10.3. The van der Waals surface area contributed by atoms with Crippen LogP contribution in [0.25, 0.3) is 10.9 Å². The molecule has 0 saturated carbocycles. The van der Waals surface area contributed by atoms with Crippen LogP contribution in [0.5, 0.6) is 0 Å². The Morgan fingerprint density at radius 2 is 1.72 bits per heavy atom. The van der Waals surface area contributed by atoms with Crippen molar-refractivity contribution in [1.82, 2.24) is 9.97 Å². The van der Waals surface area contributed by atoms with Crippen molar-refractivity contribution in [3.8, 4) is 0 Å². The molecule has 0 aliphatic carbocycles. The lowest BCUT2D eigenvalue weighted by Gasteiger charge is -2.11. The first-order valence-electron chi connectivity index (χ1n) is 9.04. The number of hydrogen-bond acceptors (Lipinski definition) is 4. The van der Waals surface area contributed by atoms with Crippen molar-refractivity contribution in [1.29, 1.82) is 0 Å². The predicted octanol–water partition coefficient (Wildman–Crippen LogP) is 5.54. The van der Waals surface area contributed by atoms with Gasteiger partial charge < -0.3 is 16.0 Å². The van der Waals surface area contributed by atoms with Gasteiger partial charge in [-0.05, 0) is 42.0 Å². The van der Waals surface area contributed by atoms with Gasteiger partial charge in [0.2, 0.25) is 0 Å². The third-order valence-electron chi connectivity index (χ3n) is 4.31. The molecule has 6 nitrogen and oxygen atoms in total. The summed E-state index contributed by atoms with van der Waals surface area (Å²) < 4.78 is 0. The first-order chi connectivity index (χ1) is 14.2. The highest BCUT2D eigenvalue weighted by atomic mass is 35.5. The minimum Gasteiger partial charge on any atom is -0.365 e. The van der Waals surface area contributed by atoms with Crippen LogP contribution in [-0.4, -0.2) is 16.0 Å². The third-order valence-corrected chi connectivity index (χ3v) is 4.64. The van der Waals surface area contributed by atoms with Gasteiger partial charge in [-0.2, -0.15) is 0 Å². The SMILES string of the molecule is O=C(Nc1cccc(CNc2ncnc3ccccc23)c1)Nc1ccccc1Cl. The minimum atomic E-state index is -0.356. The van der Waals surface area contributed by atoms with Crippen LogP contribution in [0.4, 0.5) is 22.0 Å². The number of aromatic nitrogens is 2. The number of benzene rings is 3. The van der Waals surface area contributed by atoms with E-state index in [1.165, 1.54) is 0 Å². The second-order valence-electron chi connectivity index (χ2n) is 6.35. The molecule has 0 spiro atoms. The summed E-state index contributed by atoms with van der Waals surface area (Å²) in [6, 6.07) is 22.2. The van der Waals surface area contributed by atoms with Crippen LogP contribution in [0, 0.1) is 0 Å². The van der Waals surface area contributed by atoms with E-state index in [4.69, 9.17) is 11.6 Å². The van der Waals surface area contributed by atoms with Gasteiger partial charge in [-0.1, -0.05) is 48.0 Å². The predicted molar refractivity (Wildman–Crippen MR) is 117 cm³/mol. The topological polar surface area (TPSA) is 78.9 Å². The highest BCUT2D eigenvalue weighted by molar-refractivity contribution is 6.33. The van der Waals surface area contributed by atoms with Gasteiger partial charge >= 0.3 is 6.03 Å². The second kappa shape index (κ2) is 8.58. The molecule has 0 bridgehead atoms. The van der Waals surface area contributed by atoms with E-state index in [2.05, 4.69) is 25.9 Å². The number of nitrogens with zero attached hydrogens (tertiary/aromatic N) is 2. The number of hydrogen-bond donors (Lipinski definition) is 3. The number of amides is 2. The van der Waals surface area contributed by atoms with E-state index in [1.54, 1.807) is 18.5 Å². The lowest BCUT2D eigenvalue weighted by atomic mass is 10.2. The molecule has 3 N–H and O–H groups in total. The molecule has 3 aromatic carbocycles. The molecule has 2 amide bonds. The summed E-state index contributed by atoms with van der Waals surface area (Å²) in [5.74, 6) is 0.769. The molecule has 29 heavy (non-hydrogen) atoms. The van der Waals surface area contributed by atoms with Crippen molar-refractivity contribution in [3.63, 3.8) is 0 Å². The van der Waals surface area contributed by atoms with Crippen LogP contribution in [0.2, 0.25) is 5.02 Å². The van der Waals surface area contributed by atoms with Crippen molar-refractivity contribution in [2.24, 2.45) is 0 Å². The zero-order chi connectivity index (χ0) is 20.1. The maximum atomic E-state index is 12.3. The Hall–Kier alpha value is -3.64. The summed E-state index contributed by atoms with van der Waals surface area (Å²) in [6.45, 7) is 0.558. The Morgan fingerprint density at radius 3 is 2.62 bits per heavy atom. The van der Waals surface area contributed by atoms with Crippen LogP contribution in [-0.2, 0) is 6.54 Å². The number of rotatable bonds is 5. The van der Waals surface area contributed by atoms with Crippen LogP contribution in [0.1, 0.15) is 5.56 Å². The normalized spacial score (nSPS) is 10.5. The molecule has 0 radical (unpaired) electrons. The molecule has 4 rings (SSSR count). The molecular formula is C22H18ClN5O. The largest absolute Gasteiger partial charge is 0.365 e. The van der Waals surface area contributed by atoms with Crippen molar-refractivity contribution < 1.29 is 4.79 Å². The van der Waals surface area contributed by atoms with Gasteiger partial charge in [-0.3, -0.25) is 0 Å². The highest BCUT2D eigenvalue weighted by Crippen LogP contribution is 2.22. The Kier molecular flexibility index (Phi) is 5.54. The molecule has 7 heteroatoms. The number of carbonyl (C=O) groups is 1. The molecule has 0 aliphatic rings. The fraction of sp³-hybridized carbons (Fsp3) is 0.0455. The van der Waals surface area contributed by atoms with Crippen molar-refractivity contribution >= 4 is 45.7 Å². The van der Waals surface area contributed by atoms with E-state index in [0.29, 0.717) is 22.9 Å². The van der Waals surface area contributed by atoms with Gasteiger partial charge in [0.15, 0.2) is 0 Å². The minimum absolute atomic E-state index is 0.356. The summed E-state index contributed by atoms with van der Waals surface area (Å²) in [5.41, 5.74) is 3.13. The molecule has 4 aromatic rings. The molecule has 144 valence electrons. The maximum absolute atomic E-state index is 12.3. The molecular weight excluding hydrogens is 386 g/mol. The molecule has 1 heterocycles. The molecule has 0 atom stereocenters. The number of para-hydroxylation sites is 2. The fourth-order valence-electron chi connectivity index (χ4n) is 2.94. The first-order valence-corrected chi connectivity index (χ1v) is 9.42. The number of anilines is 3.